The number of aryl methyl sites for hydroxylation is 2. The third-order valence-corrected chi connectivity index (χ3v) is 5.85. The van der Waals surface area contributed by atoms with Crippen molar-refractivity contribution in [2.45, 2.75) is 39.0 Å². The lowest BCUT2D eigenvalue weighted by atomic mass is 10.0. The third kappa shape index (κ3) is 3.48. The lowest BCUT2D eigenvalue weighted by molar-refractivity contribution is -0.144. The number of likely N-dealkylation sites (tertiary alicyclic amines) is 1. The molecule has 0 spiro atoms. The predicted octanol–water partition coefficient (Wildman–Crippen LogP) is 3.12. The number of carbonyl (C=O) groups excluding carboxylic acids is 3. The van der Waals surface area contributed by atoms with Gasteiger partial charge in [-0.3, -0.25) is 14.5 Å². The van der Waals surface area contributed by atoms with Crippen LogP contribution >= 0.6 is 0 Å². The number of cyclic esters (lactones) is 1. The summed E-state index contributed by atoms with van der Waals surface area (Å²) in [7, 11) is 2.90. The SMILES string of the molecule is COc1ccc2c(c1OC)C(=O)OC2N1C(=O)CC[C@H]1C(=O)Nc1ccc(C)c(C)c1. The van der Waals surface area contributed by atoms with Crippen LogP contribution in [0, 0.1) is 13.8 Å². The van der Waals surface area contributed by atoms with Gasteiger partial charge < -0.3 is 19.5 Å². The summed E-state index contributed by atoms with van der Waals surface area (Å²) in [6, 6.07) is 8.19. The molecule has 2 aliphatic rings. The van der Waals surface area contributed by atoms with Gasteiger partial charge in [-0.1, -0.05) is 6.07 Å². The van der Waals surface area contributed by atoms with E-state index in [-0.39, 0.29) is 29.5 Å². The highest BCUT2D eigenvalue weighted by Crippen LogP contribution is 2.45. The minimum absolute atomic E-state index is 0.196. The molecular weight excluding hydrogens is 400 g/mol. The molecule has 0 aromatic heterocycles. The number of methoxy groups -OCH3 is 2. The average molecular weight is 424 g/mol. The highest BCUT2D eigenvalue weighted by atomic mass is 16.6. The van der Waals surface area contributed by atoms with Crippen molar-refractivity contribution in [1.29, 1.82) is 0 Å². The fourth-order valence-corrected chi connectivity index (χ4v) is 4.09. The number of nitrogens with one attached hydrogen (secondary N) is 1. The molecule has 1 N–H and O–H groups in total. The topological polar surface area (TPSA) is 94.2 Å². The Labute approximate surface area is 180 Å². The Morgan fingerprint density at radius 3 is 2.55 bits per heavy atom. The molecule has 0 saturated carbocycles. The fraction of sp³-hybridized carbons (Fsp3) is 0.348. The van der Waals surface area contributed by atoms with Crippen molar-refractivity contribution in [2.24, 2.45) is 0 Å². The second kappa shape index (κ2) is 7.94. The van der Waals surface area contributed by atoms with Gasteiger partial charge in [-0.2, -0.15) is 0 Å². The normalized spacial score (nSPS) is 19.8. The molecule has 2 aliphatic heterocycles. The number of esters is 1. The first-order valence-corrected chi connectivity index (χ1v) is 10.0. The first-order chi connectivity index (χ1) is 14.8. The van der Waals surface area contributed by atoms with Crippen LogP contribution in [0.5, 0.6) is 11.5 Å². The number of ether oxygens (including phenoxy) is 3. The maximum absolute atomic E-state index is 13.1. The Hall–Kier alpha value is -3.55. The van der Waals surface area contributed by atoms with Crippen molar-refractivity contribution in [3.63, 3.8) is 0 Å². The van der Waals surface area contributed by atoms with Crippen LogP contribution in [0.2, 0.25) is 0 Å². The molecule has 1 saturated heterocycles. The zero-order valence-corrected chi connectivity index (χ0v) is 17.9. The van der Waals surface area contributed by atoms with E-state index in [9.17, 15) is 14.4 Å². The summed E-state index contributed by atoms with van der Waals surface area (Å²) in [4.78, 5) is 39.8. The molecule has 8 heteroatoms. The highest BCUT2D eigenvalue weighted by Gasteiger charge is 2.47. The van der Waals surface area contributed by atoms with E-state index >= 15 is 0 Å². The summed E-state index contributed by atoms with van der Waals surface area (Å²) >= 11 is 0. The van der Waals surface area contributed by atoms with Crippen LogP contribution in [0.4, 0.5) is 5.69 Å². The summed E-state index contributed by atoms with van der Waals surface area (Å²) in [5, 5.41) is 2.88. The van der Waals surface area contributed by atoms with Gasteiger partial charge in [0.2, 0.25) is 18.0 Å². The number of rotatable bonds is 5. The zero-order chi connectivity index (χ0) is 22.3. The number of anilines is 1. The molecule has 162 valence electrons. The van der Waals surface area contributed by atoms with Gasteiger partial charge in [0.15, 0.2) is 11.5 Å². The van der Waals surface area contributed by atoms with Crippen molar-refractivity contribution in [2.75, 3.05) is 19.5 Å². The van der Waals surface area contributed by atoms with Crippen LogP contribution in [0.1, 0.15) is 46.1 Å². The third-order valence-electron chi connectivity index (χ3n) is 5.85. The van der Waals surface area contributed by atoms with Gasteiger partial charge >= 0.3 is 5.97 Å². The van der Waals surface area contributed by atoms with Crippen LogP contribution in [-0.2, 0) is 14.3 Å². The van der Waals surface area contributed by atoms with E-state index < -0.39 is 18.2 Å². The molecule has 2 amide bonds. The Bertz CT molecular complexity index is 1080. The minimum Gasteiger partial charge on any atom is -0.493 e. The number of benzene rings is 2. The Kier molecular flexibility index (Phi) is 5.31. The molecule has 2 aromatic rings. The molecule has 0 bridgehead atoms. The fourth-order valence-electron chi connectivity index (χ4n) is 4.09. The maximum atomic E-state index is 13.1. The van der Waals surface area contributed by atoms with E-state index in [1.54, 1.807) is 12.1 Å². The summed E-state index contributed by atoms with van der Waals surface area (Å²) in [5.41, 5.74) is 3.51. The molecule has 2 heterocycles. The molecular formula is C23H24N2O6. The van der Waals surface area contributed by atoms with Crippen LogP contribution < -0.4 is 14.8 Å². The average Bonchev–Trinajstić information content (AvgIpc) is 3.29. The van der Waals surface area contributed by atoms with Gasteiger partial charge in [-0.05, 0) is 55.7 Å². The quantitative estimate of drug-likeness (QED) is 0.742. The summed E-state index contributed by atoms with van der Waals surface area (Å²) < 4.78 is 16.2. The largest absolute Gasteiger partial charge is 0.493 e. The van der Waals surface area contributed by atoms with E-state index in [0.29, 0.717) is 23.4 Å². The summed E-state index contributed by atoms with van der Waals surface area (Å²) in [5.74, 6) is -0.561. The Balaban J connectivity index is 1.64. The zero-order valence-electron chi connectivity index (χ0n) is 17.9. The smallest absolute Gasteiger partial charge is 0.344 e. The van der Waals surface area contributed by atoms with Gasteiger partial charge in [0.25, 0.3) is 0 Å². The van der Waals surface area contributed by atoms with Crippen molar-refractivity contribution >= 4 is 23.5 Å². The second-order valence-electron chi connectivity index (χ2n) is 7.67. The van der Waals surface area contributed by atoms with Gasteiger partial charge in [-0.25, -0.2) is 4.79 Å². The lowest BCUT2D eigenvalue weighted by Crippen LogP contribution is -2.43. The first kappa shape index (κ1) is 20.7. The Morgan fingerprint density at radius 1 is 1.10 bits per heavy atom. The van der Waals surface area contributed by atoms with Crippen LogP contribution in [0.25, 0.3) is 0 Å². The molecule has 31 heavy (non-hydrogen) atoms. The number of amides is 2. The van der Waals surface area contributed by atoms with Crippen molar-refractivity contribution in [3.05, 3.63) is 52.6 Å². The molecule has 4 rings (SSSR count). The van der Waals surface area contributed by atoms with Gasteiger partial charge in [-0.15, -0.1) is 0 Å². The Morgan fingerprint density at radius 2 is 1.87 bits per heavy atom. The summed E-state index contributed by atoms with van der Waals surface area (Å²) in [6.45, 7) is 3.96. The van der Waals surface area contributed by atoms with Crippen molar-refractivity contribution in [1.82, 2.24) is 4.90 Å². The molecule has 2 aromatic carbocycles. The van der Waals surface area contributed by atoms with Crippen molar-refractivity contribution in [3.8, 4) is 11.5 Å². The predicted molar refractivity (Wildman–Crippen MR) is 112 cm³/mol. The standard InChI is InChI=1S/C23H24N2O6/c1-12-5-6-14(11-13(12)2)24-21(27)16-8-10-18(26)25(16)22-15-7-9-17(29-3)20(30-4)19(15)23(28)31-22/h5-7,9,11,16,22H,8,10H2,1-4H3,(H,24,27)/t16-,22?/m0/s1. The van der Waals surface area contributed by atoms with Crippen LogP contribution in [0.3, 0.4) is 0 Å². The lowest BCUT2D eigenvalue weighted by Gasteiger charge is -2.29. The van der Waals surface area contributed by atoms with Crippen molar-refractivity contribution < 1.29 is 28.6 Å². The second-order valence-corrected chi connectivity index (χ2v) is 7.67. The van der Waals surface area contributed by atoms with E-state index in [4.69, 9.17) is 14.2 Å². The van der Waals surface area contributed by atoms with Crippen LogP contribution in [0.15, 0.2) is 30.3 Å². The van der Waals surface area contributed by atoms with Gasteiger partial charge in [0.05, 0.1) is 14.2 Å². The highest BCUT2D eigenvalue weighted by molar-refractivity contribution is 6.01. The van der Waals surface area contributed by atoms with E-state index in [0.717, 1.165) is 11.1 Å². The maximum Gasteiger partial charge on any atom is 0.344 e. The van der Waals surface area contributed by atoms with E-state index in [1.165, 1.54) is 19.1 Å². The number of hydrogen-bond acceptors (Lipinski definition) is 6. The number of fused-ring (bicyclic) bond motifs is 1. The molecule has 0 radical (unpaired) electrons. The number of carbonyl (C=O) groups is 3. The van der Waals surface area contributed by atoms with E-state index in [1.807, 2.05) is 32.0 Å². The first-order valence-electron chi connectivity index (χ1n) is 10.0. The van der Waals surface area contributed by atoms with Gasteiger partial charge in [0.1, 0.15) is 11.6 Å². The molecule has 1 unspecified atom stereocenters. The molecule has 2 atom stereocenters. The molecule has 8 nitrogen and oxygen atoms in total. The van der Waals surface area contributed by atoms with E-state index in [2.05, 4.69) is 5.32 Å². The number of nitrogens with zero attached hydrogens (tertiary/aromatic N) is 1. The van der Waals surface area contributed by atoms with Crippen LogP contribution in [-0.4, -0.2) is 42.9 Å². The molecule has 0 aliphatic carbocycles. The monoisotopic (exact) mass is 424 g/mol. The number of hydrogen-bond donors (Lipinski definition) is 1. The van der Waals surface area contributed by atoms with Gasteiger partial charge in [0, 0.05) is 17.7 Å². The molecule has 1 fully saturated rings. The minimum atomic E-state index is -0.993. The summed E-state index contributed by atoms with van der Waals surface area (Å²) in [6.07, 6.45) is -0.457.